The van der Waals surface area contributed by atoms with Crippen LogP contribution in [-0.2, 0) is 4.79 Å². The number of hydrogen-bond donors (Lipinski definition) is 1. The molecule has 6 nitrogen and oxygen atoms in total. The van der Waals surface area contributed by atoms with E-state index in [4.69, 9.17) is 4.42 Å². The molecule has 0 aliphatic carbocycles. The summed E-state index contributed by atoms with van der Waals surface area (Å²) in [5.41, 5.74) is 1.70. The number of rotatable bonds is 5. The molecule has 1 N–H and O–H groups in total. The average molecular weight is 400 g/mol. The van der Waals surface area contributed by atoms with Crippen molar-refractivity contribution in [1.29, 1.82) is 5.26 Å². The lowest BCUT2D eigenvalue weighted by molar-refractivity contribution is -0.115. The monoisotopic (exact) mass is 400 g/mol. The highest BCUT2D eigenvalue weighted by atomic mass is 32.2. The van der Waals surface area contributed by atoms with Crippen LogP contribution in [0.3, 0.4) is 0 Å². The van der Waals surface area contributed by atoms with Gasteiger partial charge in [-0.25, -0.2) is 9.97 Å². The normalized spacial score (nSPS) is 11.7. The predicted octanol–water partition coefficient (Wildman–Crippen LogP) is 4.88. The van der Waals surface area contributed by atoms with Gasteiger partial charge in [-0.15, -0.1) is 0 Å². The molecule has 4 rings (SSSR count). The first kappa shape index (κ1) is 18.7. The van der Waals surface area contributed by atoms with Gasteiger partial charge < -0.3 is 9.73 Å². The molecule has 0 spiro atoms. The molecule has 2 aromatic carbocycles. The molecular weight excluding hydrogens is 384 g/mol. The minimum Gasteiger partial charge on any atom is -0.461 e. The van der Waals surface area contributed by atoms with Crippen molar-refractivity contribution in [2.45, 2.75) is 17.2 Å². The standard InChI is InChI=1S/C22H16N4O2S/c1-14(21(27)25-17-9-4-2-7-15(17)13-23)29-22-16-8-3-5-10-18(16)24-20(26-22)19-11-6-12-28-19/h2-12,14H,1H3,(H,25,27). The van der Waals surface area contributed by atoms with Gasteiger partial charge in [-0.05, 0) is 37.3 Å². The van der Waals surface area contributed by atoms with Gasteiger partial charge in [0.15, 0.2) is 11.6 Å². The second kappa shape index (κ2) is 8.17. The molecule has 2 heterocycles. The van der Waals surface area contributed by atoms with Crippen LogP contribution in [0.4, 0.5) is 5.69 Å². The number of furan rings is 1. The van der Waals surface area contributed by atoms with E-state index in [0.29, 0.717) is 27.9 Å². The van der Waals surface area contributed by atoms with Gasteiger partial charge >= 0.3 is 0 Å². The topological polar surface area (TPSA) is 91.8 Å². The number of thioether (sulfide) groups is 1. The number of carbonyl (C=O) groups excluding carboxylic acids is 1. The van der Waals surface area contributed by atoms with Gasteiger partial charge in [0, 0.05) is 5.39 Å². The van der Waals surface area contributed by atoms with Gasteiger partial charge in [-0.3, -0.25) is 4.79 Å². The third kappa shape index (κ3) is 3.98. The van der Waals surface area contributed by atoms with E-state index in [2.05, 4.69) is 21.4 Å². The number of nitrogens with one attached hydrogen (secondary N) is 1. The molecule has 0 radical (unpaired) electrons. The quantitative estimate of drug-likeness (QED) is 0.379. The summed E-state index contributed by atoms with van der Waals surface area (Å²) < 4.78 is 5.44. The van der Waals surface area contributed by atoms with Crippen LogP contribution in [0.25, 0.3) is 22.5 Å². The summed E-state index contributed by atoms with van der Waals surface area (Å²) in [6.07, 6.45) is 1.57. The smallest absolute Gasteiger partial charge is 0.237 e. The maximum atomic E-state index is 12.7. The Morgan fingerprint density at radius 2 is 1.90 bits per heavy atom. The van der Waals surface area contributed by atoms with Crippen molar-refractivity contribution in [1.82, 2.24) is 9.97 Å². The summed E-state index contributed by atoms with van der Waals surface area (Å²) in [5, 5.41) is 13.2. The van der Waals surface area contributed by atoms with E-state index in [9.17, 15) is 10.1 Å². The first-order chi connectivity index (χ1) is 14.2. The third-order valence-corrected chi connectivity index (χ3v) is 5.37. The number of anilines is 1. The zero-order chi connectivity index (χ0) is 20.2. The summed E-state index contributed by atoms with van der Waals surface area (Å²) in [6.45, 7) is 1.80. The number of para-hydroxylation sites is 2. The van der Waals surface area contributed by atoms with Crippen LogP contribution in [0.15, 0.2) is 76.4 Å². The number of hydrogen-bond acceptors (Lipinski definition) is 6. The largest absolute Gasteiger partial charge is 0.461 e. The zero-order valence-electron chi connectivity index (χ0n) is 15.5. The number of benzene rings is 2. The van der Waals surface area contributed by atoms with Gasteiger partial charge in [0.05, 0.1) is 28.3 Å². The Balaban J connectivity index is 1.63. The lowest BCUT2D eigenvalue weighted by atomic mass is 10.2. The Hall–Kier alpha value is -3.63. The molecule has 29 heavy (non-hydrogen) atoms. The van der Waals surface area contributed by atoms with E-state index in [1.807, 2.05) is 24.3 Å². The van der Waals surface area contributed by atoms with Gasteiger partial charge in [0.1, 0.15) is 11.1 Å². The molecule has 0 bridgehead atoms. The summed E-state index contributed by atoms with van der Waals surface area (Å²) in [6, 6.07) is 20.2. The maximum absolute atomic E-state index is 12.7. The van der Waals surface area contributed by atoms with Crippen LogP contribution >= 0.6 is 11.8 Å². The van der Waals surface area contributed by atoms with E-state index in [1.54, 1.807) is 49.6 Å². The maximum Gasteiger partial charge on any atom is 0.237 e. The Labute approximate surface area is 171 Å². The lowest BCUT2D eigenvalue weighted by Crippen LogP contribution is -2.23. The summed E-state index contributed by atoms with van der Waals surface area (Å²) in [7, 11) is 0. The Morgan fingerprint density at radius 1 is 1.10 bits per heavy atom. The van der Waals surface area contributed by atoms with Crippen molar-refractivity contribution in [3.63, 3.8) is 0 Å². The van der Waals surface area contributed by atoms with Crippen LogP contribution in [0.2, 0.25) is 0 Å². The SMILES string of the molecule is CC(Sc1nc(-c2ccco2)nc2ccccc12)C(=O)Nc1ccccc1C#N. The zero-order valence-corrected chi connectivity index (χ0v) is 16.3. The van der Waals surface area contributed by atoms with E-state index >= 15 is 0 Å². The van der Waals surface area contributed by atoms with Crippen molar-refractivity contribution < 1.29 is 9.21 Å². The molecule has 4 aromatic rings. The fourth-order valence-corrected chi connectivity index (χ4v) is 3.74. The van der Waals surface area contributed by atoms with Gasteiger partial charge in [-0.1, -0.05) is 42.1 Å². The summed E-state index contributed by atoms with van der Waals surface area (Å²) in [4.78, 5) is 21.9. The van der Waals surface area contributed by atoms with Crippen molar-refractivity contribution in [3.05, 3.63) is 72.5 Å². The van der Waals surface area contributed by atoms with Crippen molar-refractivity contribution >= 4 is 34.3 Å². The van der Waals surface area contributed by atoms with Gasteiger partial charge in [-0.2, -0.15) is 5.26 Å². The fourth-order valence-electron chi connectivity index (χ4n) is 2.80. The fraction of sp³-hybridized carbons (Fsp3) is 0.0909. The Kier molecular flexibility index (Phi) is 5.27. The molecular formula is C22H16N4O2S. The second-order valence-electron chi connectivity index (χ2n) is 6.25. The predicted molar refractivity (Wildman–Crippen MR) is 112 cm³/mol. The number of fused-ring (bicyclic) bond motifs is 1. The number of aromatic nitrogens is 2. The van der Waals surface area contributed by atoms with Crippen molar-refractivity contribution in [2.24, 2.45) is 0 Å². The minimum absolute atomic E-state index is 0.208. The molecule has 7 heteroatoms. The Bertz CT molecular complexity index is 1220. The molecule has 0 saturated heterocycles. The molecule has 1 amide bonds. The van der Waals surface area contributed by atoms with Gasteiger partial charge in [0.25, 0.3) is 0 Å². The minimum atomic E-state index is -0.440. The van der Waals surface area contributed by atoms with Crippen LogP contribution in [0, 0.1) is 11.3 Å². The van der Waals surface area contributed by atoms with Crippen molar-refractivity contribution in [2.75, 3.05) is 5.32 Å². The van der Waals surface area contributed by atoms with E-state index in [1.165, 1.54) is 11.8 Å². The number of nitrogens with zero attached hydrogens (tertiary/aromatic N) is 3. The van der Waals surface area contributed by atoms with E-state index in [0.717, 1.165) is 10.9 Å². The summed E-state index contributed by atoms with van der Waals surface area (Å²) in [5.74, 6) is 0.830. The van der Waals surface area contributed by atoms with Crippen LogP contribution in [-0.4, -0.2) is 21.1 Å². The molecule has 0 aliphatic rings. The molecule has 1 atom stereocenters. The number of nitriles is 1. The second-order valence-corrected chi connectivity index (χ2v) is 7.58. The molecule has 0 fully saturated rings. The highest BCUT2D eigenvalue weighted by Crippen LogP contribution is 2.31. The summed E-state index contributed by atoms with van der Waals surface area (Å²) >= 11 is 1.34. The van der Waals surface area contributed by atoms with E-state index in [-0.39, 0.29) is 5.91 Å². The Morgan fingerprint density at radius 3 is 2.69 bits per heavy atom. The first-order valence-corrected chi connectivity index (χ1v) is 9.81. The molecule has 0 saturated carbocycles. The molecule has 142 valence electrons. The number of carbonyl (C=O) groups is 1. The van der Waals surface area contributed by atoms with Crippen LogP contribution in [0.5, 0.6) is 0 Å². The molecule has 2 aromatic heterocycles. The van der Waals surface area contributed by atoms with E-state index < -0.39 is 5.25 Å². The van der Waals surface area contributed by atoms with Crippen LogP contribution in [0.1, 0.15) is 12.5 Å². The highest BCUT2D eigenvalue weighted by Gasteiger charge is 2.19. The first-order valence-electron chi connectivity index (χ1n) is 8.93. The average Bonchev–Trinajstić information content (AvgIpc) is 3.29. The molecule has 0 aliphatic heterocycles. The van der Waals surface area contributed by atoms with Crippen LogP contribution < -0.4 is 5.32 Å². The molecule has 1 unspecified atom stereocenters. The number of amides is 1. The van der Waals surface area contributed by atoms with Crippen molar-refractivity contribution in [3.8, 4) is 17.7 Å². The van der Waals surface area contributed by atoms with Gasteiger partial charge in [0.2, 0.25) is 5.91 Å². The third-order valence-electron chi connectivity index (χ3n) is 4.27. The lowest BCUT2D eigenvalue weighted by Gasteiger charge is -2.14. The highest BCUT2D eigenvalue weighted by molar-refractivity contribution is 8.00.